The first kappa shape index (κ1) is 10.4. The molecular formula is C7H7NaS4. The molecule has 2 aliphatic heterocycles. The van der Waals surface area contributed by atoms with Crippen molar-refractivity contribution in [3.63, 3.8) is 0 Å². The second-order valence-corrected chi connectivity index (χ2v) is 8.45. The van der Waals surface area contributed by atoms with Gasteiger partial charge in [0.05, 0.1) is 0 Å². The Morgan fingerprint density at radius 2 is 1.58 bits per heavy atom. The van der Waals surface area contributed by atoms with Gasteiger partial charge in [-0.3, -0.25) is 0 Å². The fraction of sp³-hybridized carbons (Fsp3) is 0.429. The summed E-state index contributed by atoms with van der Waals surface area (Å²) >= 11 is 1.28. The fourth-order valence-corrected chi connectivity index (χ4v) is 7.59. The van der Waals surface area contributed by atoms with E-state index < -0.39 is 0 Å². The zero-order valence-corrected chi connectivity index (χ0v) is 12.0. The van der Waals surface area contributed by atoms with E-state index in [2.05, 4.69) is 10.8 Å². The second kappa shape index (κ2) is 5.10. The second-order valence-electron chi connectivity index (χ2n) is 2.82. The van der Waals surface area contributed by atoms with Gasteiger partial charge in [0.25, 0.3) is 0 Å². The molecule has 0 aliphatic carbocycles. The Bertz CT molecular complexity index is 212. The Hall–Kier alpha value is 1.88. The van der Waals surface area contributed by atoms with Crippen LogP contribution < -0.4 is 0 Å². The summed E-state index contributed by atoms with van der Waals surface area (Å²) in [5.74, 6) is 2.51. The SMILES string of the molecule is [Na][CH](C1=CSSC1)C1=CSSC1. The van der Waals surface area contributed by atoms with E-state index in [0.717, 1.165) is 3.17 Å². The van der Waals surface area contributed by atoms with E-state index in [1.54, 1.807) is 11.1 Å². The molecule has 0 N–H and O–H groups in total. The third-order valence-electron chi connectivity index (χ3n) is 2.10. The summed E-state index contributed by atoms with van der Waals surface area (Å²) in [4.78, 5) is 0. The van der Waals surface area contributed by atoms with Crippen LogP contribution in [0.3, 0.4) is 0 Å². The minimum absolute atomic E-state index is 0.829. The van der Waals surface area contributed by atoms with Crippen LogP contribution in [-0.4, -0.2) is 39.4 Å². The van der Waals surface area contributed by atoms with Crippen LogP contribution in [0.4, 0.5) is 0 Å². The van der Waals surface area contributed by atoms with Crippen LogP contribution in [0, 0.1) is 0 Å². The van der Waals surface area contributed by atoms with E-state index in [4.69, 9.17) is 0 Å². The molecule has 2 aliphatic rings. The zero-order chi connectivity index (χ0) is 8.39. The summed E-state index contributed by atoms with van der Waals surface area (Å²) < 4.78 is 0.829. The first-order valence-corrected chi connectivity index (χ1v) is 9.74. The Balaban J connectivity index is 2.03. The van der Waals surface area contributed by atoms with E-state index in [1.807, 2.05) is 43.2 Å². The van der Waals surface area contributed by atoms with E-state index in [9.17, 15) is 0 Å². The van der Waals surface area contributed by atoms with Gasteiger partial charge in [-0.15, -0.1) is 0 Å². The van der Waals surface area contributed by atoms with Crippen molar-refractivity contribution in [1.29, 1.82) is 0 Å². The van der Waals surface area contributed by atoms with Crippen molar-refractivity contribution >= 4 is 71.1 Å². The molecular weight excluding hydrogens is 235 g/mol. The Kier molecular flexibility index (Phi) is 4.42. The Labute approximate surface area is 106 Å². The predicted molar refractivity (Wildman–Crippen MR) is 65.8 cm³/mol. The minimum atomic E-state index is 0.829. The molecule has 0 amide bonds. The van der Waals surface area contributed by atoms with Gasteiger partial charge >= 0.3 is 108 Å². The van der Waals surface area contributed by atoms with Gasteiger partial charge in [-0.1, -0.05) is 0 Å². The van der Waals surface area contributed by atoms with Gasteiger partial charge in [-0.05, 0) is 0 Å². The number of hydrogen-bond acceptors (Lipinski definition) is 4. The molecule has 0 aromatic heterocycles. The van der Waals surface area contributed by atoms with Crippen molar-refractivity contribution in [1.82, 2.24) is 0 Å². The van der Waals surface area contributed by atoms with Crippen molar-refractivity contribution in [2.45, 2.75) is 3.17 Å². The monoisotopic (exact) mass is 242 g/mol. The predicted octanol–water partition coefficient (Wildman–Crippen LogP) is 3.50. The molecule has 0 aromatic carbocycles. The molecule has 0 unspecified atom stereocenters. The zero-order valence-electron chi connectivity index (χ0n) is 6.78. The third-order valence-corrected chi connectivity index (χ3v) is 7.66. The van der Waals surface area contributed by atoms with E-state index >= 15 is 0 Å². The molecule has 0 saturated heterocycles. The summed E-state index contributed by atoms with van der Waals surface area (Å²) in [6.07, 6.45) is 0. The van der Waals surface area contributed by atoms with Crippen molar-refractivity contribution in [3.8, 4) is 0 Å². The maximum atomic E-state index is 2.36. The summed E-state index contributed by atoms with van der Waals surface area (Å²) in [7, 11) is 7.76. The van der Waals surface area contributed by atoms with Gasteiger partial charge in [0, 0.05) is 0 Å². The molecule has 12 heavy (non-hydrogen) atoms. The third kappa shape index (κ3) is 2.47. The first-order chi connectivity index (χ1) is 5.88. The first-order valence-electron chi connectivity index (χ1n) is 3.82. The maximum absolute atomic E-state index is 2.36. The van der Waals surface area contributed by atoms with Gasteiger partial charge in [0.1, 0.15) is 0 Å². The normalized spacial score (nSPS) is 23.2. The molecule has 2 heterocycles. The molecule has 0 atom stereocenters. The quantitative estimate of drug-likeness (QED) is 0.536. The van der Waals surface area contributed by atoms with Crippen LogP contribution in [0.2, 0.25) is 3.17 Å². The molecule has 0 saturated carbocycles. The van der Waals surface area contributed by atoms with Crippen LogP contribution in [0.15, 0.2) is 22.0 Å². The van der Waals surface area contributed by atoms with Gasteiger partial charge in [0.15, 0.2) is 0 Å². The number of hydrogen-bond donors (Lipinski definition) is 0. The molecule has 0 nitrogen and oxygen atoms in total. The van der Waals surface area contributed by atoms with E-state index in [-0.39, 0.29) is 0 Å². The van der Waals surface area contributed by atoms with Gasteiger partial charge in [-0.25, -0.2) is 0 Å². The molecule has 60 valence electrons. The Morgan fingerprint density at radius 1 is 1.08 bits per heavy atom. The summed E-state index contributed by atoms with van der Waals surface area (Å²) in [6.45, 7) is 0. The van der Waals surface area contributed by atoms with Gasteiger partial charge < -0.3 is 0 Å². The van der Waals surface area contributed by atoms with Crippen molar-refractivity contribution in [2.24, 2.45) is 0 Å². The Morgan fingerprint density at radius 3 is 1.92 bits per heavy atom. The van der Waals surface area contributed by atoms with Gasteiger partial charge in [-0.2, -0.15) is 0 Å². The molecule has 2 rings (SSSR count). The van der Waals surface area contributed by atoms with Crippen LogP contribution in [-0.2, 0) is 0 Å². The molecule has 0 aromatic rings. The summed E-state index contributed by atoms with van der Waals surface area (Å²) in [5.41, 5.74) is 3.34. The molecule has 5 heteroatoms. The molecule has 0 bridgehead atoms. The van der Waals surface area contributed by atoms with Crippen molar-refractivity contribution in [3.05, 3.63) is 22.0 Å². The van der Waals surface area contributed by atoms with Crippen LogP contribution in [0.1, 0.15) is 0 Å². The average molecular weight is 242 g/mol. The average Bonchev–Trinajstić information content (AvgIpc) is 2.77. The van der Waals surface area contributed by atoms with E-state index in [0.29, 0.717) is 0 Å². The molecule has 0 radical (unpaired) electrons. The van der Waals surface area contributed by atoms with Crippen molar-refractivity contribution < 1.29 is 0 Å². The van der Waals surface area contributed by atoms with Crippen LogP contribution in [0.25, 0.3) is 0 Å². The van der Waals surface area contributed by atoms with Crippen LogP contribution in [0.5, 0.6) is 0 Å². The van der Waals surface area contributed by atoms with Crippen molar-refractivity contribution in [2.75, 3.05) is 11.5 Å². The summed E-state index contributed by atoms with van der Waals surface area (Å²) in [6, 6.07) is 0. The number of rotatable bonds is 2. The van der Waals surface area contributed by atoms with Gasteiger partial charge in [0.2, 0.25) is 0 Å². The fourth-order valence-electron chi connectivity index (χ4n) is 1.16. The summed E-state index contributed by atoms with van der Waals surface area (Å²) in [5, 5.41) is 4.72. The van der Waals surface area contributed by atoms with E-state index in [1.165, 1.54) is 39.4 Å². The molecule has 0 fully saturated rings. The molecule has 0 spiro atoms. The van der Waals surface area contributed by atoms with Crippen LogP contribution >= 0.6 is 43.2 Å². The topological polar surface area (TPSA) is 0 Å². The standard InChI is InChI=1S/C7H7S4.Na/c1(6-2-8-9-3-6)7-4-10-11-5-7;/h1-2,4H,3,5H2;.